The van der Waals surface area contributed by atoms with E-state index >= 15 is 0 Å². The second-order valence-electron chi connectivity index (χ2n) is 10.9. The molecule has 3 aromatic rings. The molecule has 2 amide bonds. The Morgan fingerprint density at radius 1 is 1.05 bits per heavy atom. The fourth-order valence-corrected chi connectivity index (χ4v) is 7.88. The Morgan fingerprint density at radius 2 is 1.78 bits per heavy atom. The standard InChI is InChI=1S/C29H31N3O4S/c1-16-21-13-14-29(3)15-22-24(17(2)23(29)25(21)36-26(16)33)31-28(37-22)32-27(34)30-18-9-11-20(12-10-18)35-19-7-5-4-6-8-19/h4-12,16-17,21,23,25H,13-15H2,1-3H3,(H2,30,31,32,34)/t16-,17-,21-,23+,25-,29-/m0/s1. The van der Waals surface area contributed by atoms with Gasteiger partial charge in [0.25, 0.3) is 0 Å². The molecule has 1 aliphatic heterocycles. The lowest BCUT2D eigenvalue weighted by atomic mass is 9.54. The van der Waals surface area contributed by atoms with Gasteiger partial charge in [0.2, 0.25) is 0 Å². The molecule has 192 valence electrons. The number of hydrogen-bond acceptors (Lipinski definition) is 6. The minimum absolute atomic E-state index is 0.0292. The predicted octanol–water partition coefficient (Wildman–Crippen LogP) is 6.83. The number of anilines is 2. The highest BCUT2D eigenvalue weighted by Crippen LogP contribution is 2.59. The average molecular weight is 518 g/mol. The lowest BCUT2D eigenvalue weighted by Gasteiger charge is -2.51. The van der Waals surface area contributed by atoms with Crippen molar-refractivity contribution in [2.75, 3.05) is 10.6 Å². The van der Waals surface area contributed by atoms with Gasteiger partial charge in [-0.2, -0.15) is 0 Å². The van der Waals surface area contributed by atoms with Crippen LogP contribution in [-0.2, 0) is 16.0 Å². The maximum atomic E-state index is 12.7. The summed E-state index contributed by atoms with van der Waals surface area (Å²) in [7, 11) is 0. The van der Waals surface area contributed by atoms with E-state index in [-0.39, 0.29) is 41.3 Å². The highest BCUT2D eigenvalue weighted by atomic mass is 32.1. The summed E-state index contributed by atoms with van der Waals surface area (Å²) in [6.45, 7) is 6.53. The van der Waals surface area contributed by atoms with Crippen molar-refractivity contribution in [1.82, 2.24) is 4.98 Å². The topological polar surface area (TPSA) is 89.5 Å². The molecule has 3 aliphatic rings. The molecule has 37 heavy (non-hydrogen) atoms. The van der Waals surface area contributed by atoms with Crippen molar-refractivity contribution in [2.45, 2.75) is 52.1 Å². The van der Waals surface area contributed by atoms with Gasteiger partial charge in [-0.3, -0.25) is 10.1 Å². The molecule has 2 aliphatic carbocycles. The first kappa shape index (κ1) is 24.0. The number of carbonyl (C=O) groups is 2. The van der Waals surface area contributed by atoms with Crippen molar-refractivity contribution in [3.8, 4) is 11.5 Å². The van der Waals surface area contributed by atoms with E-state index < -0.39 is 0 Å². The lowest BCUT2D eigenvalue weighted by molar-refractivity contribution is -0.149. The van der Waals surface area contributed by atoms with Gasteiger partial charge in [-0.1, -0.05) is 39.0 Å². The summed E-state index contributed by atoms with van der Waals surface area (Å²) in [6.07, 6.45) is 2.96. The Bertz CT molecular complexity index is 1320. The molecule has 2 fully saturated rings. The summed E-state index contributed by atoms with van der Waals surface area (Å²) in [5, 5.41) is 6.38. The minimum Gasteiger partial charge on any atom is -0.461 e. The van der Waals surface area contributed by atoms with Crippen molar-refractivity contribution < 1.29 is 19.1 Å². The third-order valence-corrected chi connectivity index (χ3v) is 9.46. The average Bonchev–Trinajstić information content (AvgIpc) is 3.39. The van der Waals surface area contributed by atoms with Gasteiger partial charge in [0.05, 0.1) is 11.6 Å². The number of esters is 1. The number of amides is 2. The maximum absolute atomic E-state index is 12.7. The summed E-state index contributed by atoms with van der Waals surface area (Å²) in [5.74, 6) is 2.06. The fourth-order valence-electron chi connectivity index (χ4n) is 6.62. The SMILES string of the molecule is C[C@@H]1C(=O)O[C@H]2[C@H]1CC[C@@]1(C)Cc3sc(NC(=O)Nc4ccc(Oc5ccccc5)cc4)nc3[C@@H](C)[C@H]21. The zero-order valence-electron chi connectivity index (χ0n) is 21.2. The Morgan fingerprint density at radius 3 is 2.54 bits per heavy atom. The van der Waals surface area contributed by atoms with Gasteiger partial charge in [0.15, 0.2) is 5.13 Å². The molecule has 1 saturated carbocycles. The van der Waals surface area contributed by atoms with Crippen LogP contribution in [0, 0.1) is 23.2 Å². The first-order chi connectivity index (χ1) is 17.8. The molecule has 2 heterocycles. The smallest absolute Gasteiger partial charge is 0.325 e. The summed E-state index contributed by atoms with van der Waals surface area (Å²) in [4.78, 5) is 31.2. The Hall–Kier alpha value is -3.39. The van der Waals surface area contributed by atoms with Crippen LogP contribution in [0.4, 0.5) is 15.6 Å². The molecule has 7 nitrogen and oxygen atoms in total. The number of thiazole rings is 1. The number of para-hydroxylation sites is 1. The maximum Gasteiger partial charge on any atom is 0.325 e. The third-order valence-electron chi connectivity index (χ3n) is 8.47. The number of nitrogens with zero attached hydrogens (tertiary/aromatic N) is 1. The number of hydrogen-bond donors (Lipinski definition) is 2. The Balaban J connectivity index is 1.13. The third kappa shape index (κ3) is 4.37. The number of benzene rings is 2. The summed E-state index contributed by atoms with van der Waals surface area (Å²) in [6, 6.07) is 16.5. The quantitative estimate of drug-likeness (QED) is 0.370. The molecule has 0 radical (unpaired) electrons. The fraction of sp³-hybridized carbons (Fsp3) is 0.414. The molecular formula is C29H31N3O4S. The van der Waals surface area contributed by atoms with Crippen molar-refractivity contribution >= 4 is 34.2 Å². The summed E-state index contributed by atoms with van der Waals surface area (Å²) < 4.78 is 11.7. The number of urea groups is 1. The number of carbonyl (C=O) groups excluding carboxylic acids is 2. The monoisotopic (exact) mass is 517 g/mol. The zero-order valence-corrected chi connectivity index (χ0v) is 22.0. The Kier molecular flexibility index (Phi) is 5.94. The van der Waals surface area contributed by atoms with Crippen LogP contribution in [0.15, 0.2) is 54.6 Å². The second kappa shape index (κ2) is 9.17. The van der Waals surface area contributed by atoms with Crippen molar-refractivity contribution in [3.63, 3.8) is 0 Å². The molecule has 0 unspecified atom stereocenters. The highest BCUT2D eigenvalue weighted by molar-refractivity contribution is 7.15. The normalized spacial score (nSPS) is 29.9. The van der Waals surface area contributed by atoms with E-state index in [1.807, 2.05) is 49.4 Å². The molecule has 2 aromatic carbocycles. The van der Waals surface area contributed by atoms with Gasteiger partial charge >= 0.3 is 12.0 Å². The van der Waals surface area contributed by atoms with Gasteiger partial charge in [-0.15, -0.1) is 11.3 Å². The lowest BCUT2D eigenvalue weighted by Crippen LogP contribution is -2.50. The predicted molar refractivity (Wildman–Crippen MR) is 143 cm³/mol. The van der Waals surface area contributed by atoms with E-state index in [1.54, 1.807) is 23.5 Å². The van der Waals surface area contributed by atoms with Crippen LogP contribution in [0.1, 0.15) is 50.1 Å². The van der Waals surface area contributed by atoms with Crippen LogP contribution in [0.2, 0.25) is 0 Å². The van der Waals surface area contributed by atoms with Crippen LogP contribution in [0.5, 0.6) is 11.5 Å². The number of aromatic nitrogens is 1. The first-order valence-corrected chi connectivity index (χ1v) is 13.7. The Labute approximate surface area is 220 Å². The van der Waals surface area contributed by atoms with Crippen LogP contribution < -0.4 is 15.4 Å². The van der Waals surface area contributed by atoms with Gasteiger partial charge in [0.1, 0.15) is 17.6 Å². The molecule has 6 atom stereocenters. The van der Waals surface area contributed by atoms with E-state index in [0.717, 1.165) is 30.7 Å². The molecule has 0 bridgehead atoms. The molecule has 8 heteroatoms. The van der Waals surface area contributed by atoms with Crippen molar-refractivity contribution in [3.05, 3.63) is 65.2 Å². The zero-order chi connectivity index (χ0) is 25.7. The largest absolute Gasteiger partial charge is 0.461 e. The van der Waals surface area contributed by atoms with Crippen molar-refractivity contribution in [1.29, 1.82) is 0 Å². The second-order valence-corrected chi connectivity index (χ2v) is 12.0. The van der Waals surface area contributed by atoms with Gasteiger partial charge in [-0.25, -0.2) is 9.78 Å². The van der Waals surface area contributed by atoms with Crippen molar-refractivity contribution in [2.24, 2.45) is 23.2 Å². The molecule has 1 aromatic heterocycles. The van der Waals surface area contributed by atoms with E-state index in [9.17, 15) is 9.59 Å². The van der Waals surface area contributed by atoms with Crippen LogP contribution >= 0.6 is 11.3 Å². The molecule has 2 N–H and O–H groups in total. The number of ether oxygens (including phenoxy) is 2. The summed E-state index contributed by atoms with van der Waals surface area (Å²) in [5.41, 5.74) is 1.75. The van der Waals surface area contributed by atoms with Crippen LogP contribution in [-0.4, -0.2) is 23.1 Å². The van der Waals surface area contributed by atoms with Gasteiger partial charge < -0.3 is 14.8 Å². The highest BCUT2D eigenvalue weighted by Gasteiger charge is 2.58. The van der Waals surface area contributed by atoms with Gasteiger partial charge in [0, 0.05) is 28.3 Å². The van der Waals surface area contributed by atoms with E-state index in [1.165, 1.54) is 4.88 Å². The van der Waals surface area contributed by atoms with E-state index in [4.69, 9.17) is 14.5 Å². The minimum atomic E-state index is -0.335. The van der Waals surface area contributed by atoms with E-state index in [0.29, 0.717) is 22.5 Å². The molecule has 0 spiro atoms. The summed E-state index contributed by atoms with van der Waals surface area (Å²) >= 11 is 1.55. The number of fused-ring (bicyclic) bond motifs is 4. The molecular weight excluding hydrogens is 486 g/mol. The van der Waals surface area contributed by atoms with Crippen LogP contribution in [0.25, 0.3) is 0 Å². The molecule has 1 saturated heterocycles. The number of rotatable bonds is 4. The molecule has 6 rings (SSSR count). The number of nitrogens with one attached hydrogen (secondary N) is 2. The first-order valence-electron chi connectivity index (χ1n) is 12.9. The van der Waals surface area contributed by atoms with E-state index in [2.05, 4.69) is 24.5 Å². The van der Waals surface area contributed by atoms with Gasteiger partial charge in [-0.05, 0) is 61.1 Å². The van der Waals surface area contributed by atoms with Crippen LogP contribution in [0.3, 0.4) is 0 Å².